The largest absolute Gasteiger partial charge is 0.463 e. The predicted octanol–water partition coefficient (Wildman–Crippen LogP) is 0.833. The van der Waals surface area contributed by atoms with Crippen molar-refractivity contribution in [1.29, 1.82) is 0 Å². The smallest absolute Gasteiger partial charge is 0.332 e. The van der Waals surface area contributed by atoms with Gasteiger partial charge in [0, 0.05) is 18.8 Å². The van der Waals surface area contributed by atoms with E-state index in [1.165, 1.54) is 25.6 Å². The summed E-state index contributed by atoms with van der Waals surface area (Å²) in [5.41, 5.74) is -0.205. The summed E-state index contributed by atoms with van der Waals surface area (Å²) in [7, 11) is 1.50. The van der Waals surface area contributed by atoms with Crippen LogP contribution in [0.5, 0.6) is 0 Å². The maximum absolute atomic E-state index is 12.0. The Morgan fingerprint density at radius 3 is 2.67 bits per heavy atom. The van der Waals surface area contributed by atoms with Gasteiger partial charge in [-0.25, -0.2) is 4.79 Å². The molecule has 0 atom stereocenters. The first kappa shape index (κ1) is 16.3. The van der Waals surface area contributed by atoms with Crippen molar-refractivity contribution in [3.05, 3.63) is 33.3 Å². The van der Waals surface area contributed by atoms with Gasteiger partial charge in [-0.3, -0.25) is 19.6 Å². The fourth-order valence-corrected chi connectivity index (χ4v) is 1.60. The van der Waals surface area contributed by atoms with E-state index < -0.39 is 16.8 Å². The van der Waals surface area contributed by atoms with Crippen LogP contribution in [0.15, 0.2) is 11.8 Å². The van der Waals surface area contributed by atoms with Crippen LogP contribution >= 0.6 is 0 Å². The SMILES string of the molecule is CCOC(=O)/C=C(\C)NC(=O)c1nn(C)c(C)c1[N+](=O)[O-]. The highest BCUT2D eigenvalue weighted by atomic mass is 16.6. The topological polar surface area (TPSA) is 116 Å². The van der Waals surface area contributed by atoms with E-state index in [1.807, 2.05) is 0 Å². The monoisotopic (exact) mass is 296 g/mol. The normalized spacial score (nSPS) is 11.1. The van der Waals surface area contributed by atoms with Crippen molar-refractivity contribution in [1.82, 2.24) is 15.1 Å². The number of hydrogen-bond donors (Lipinski definition) is 1. The van der Waals surface area contributed by atoms with Crippen molar-refractivity contribution in [2.45, 2.75) is 20.8 Å². The van der Waals surface area contributed by atoms with E-state index in [0.29, 0.717) is 0 Å². The van der Waals surface area contributed by atoms with E-state index in [1.54, 1.807) is 6.92 Å². The Kier molecular flexibility index (Phi) is 5.17. The zero-order chi connectivity index (χ0) is 16.2. The van der Waals surface area contributed by atoms with E-state index >= 15 is 0 Å². The molecule has 1 heterocycles. The number of nitrogens with one attached hydrogen (secondary N) is 1. The minimum atomic E-state index is -0.761. The molecule has 9 nitrogen and oxygen atoms in total. The van der Waals surface area contributed by atoms with Crippen molar-refractivity contribution in [3.8, 4) is 0 Å². The fourth-order valence-electron chi connectivity index (χ4n) is 1.60. The molecule has 0 saturated heterocycles. The zero-order valence-corrected chi connectivity index (χ0v) is 12.2. The number of aromatic nitrogens is 2. The lowest BCUT2D eigenvalue weighted by molar-refractivity contribution is -0.385. The number of allylic oxidation sites excluding steroid dienone is 1. The van der Waals surface area contributed by atoms with Gasteiger partial charge < -0.3 is 10.1 Å². The molecule has 21 heavy (non-hydrogen) atoms. The Balaban J connectivity index is 2.98. The van der Waals surface area contributed by atoms with Crippen molar-refractivity contribution >= 4 is 17.6 Å². The summed E-state index contributed by atoms with van der Waals surface area (Å²) in [6.45, 7) is 4.82. The second-order valence-corrected chi connectivity index (χ2v) is 4.20. The Bertz CT molecular complexity index is 617. The van der Waals surface area contributed by atoms with Gasteiger partial charge in [-0.05, 0) is 20.8 Å². The van der Waals surface area contributed by atoms with E-state index in [4.69, 9.17) is 4.74 Å². The molecule has 0 aliphatic heterocycles. The number of nitrogens with zero attached hydrogens (tertiary/aromatic N) is 3. The molecule has 0 aliphatic carbocycles. The number of ether oxygens (including phenoxy) is 1. The summed E-state index contributed by atoms with van der Waals surface area (Å²) in [6, 6.07) is 0. The number of aryl methyl sites for hydroxylation is 1. The molecule has 0 radical (unpaired) electrons. The van der Waals surface area contributed by atoms with Gasteiger partial charge in [-0.1, -0.05) is 0 Å². The highest BCUT2D eigenvalue weighted by Crippen LogP contribution is 2.22. The number of rotatable bonds is 5. The Morgan fingerprint density at radius 1 is 1.52 bits per heavy atom. The summed E-state index contributed by atoms with van der Waals surface area (Å²) in [6.07, 6.45) is 1.09. The lowest BCUT2D eigenvalue weighted by Crippen LogP contribution is -2.23. The van der Waals surface area contributed by atoms with Gasteiger partial charge >= 0.3 is 11.7 Å². The lowest BCUT2D eigenvalue weighted by Gasteiger charge is -2.03. The molecule has 0 fully saturated rings. The molecule has 1 amide bonds. The maximum atomic E-state index is 12.0. The summed E-state index contributed by atoms with van der Waals surface area (Å²) < 4.78 is 5.94. The molecule has 1 rings (SSSR count). The van der Waals surface area contributed by atoms with Crippen LogP contribution in [0, 0.1) is 17.0 Å². The van der Waals surface area contributed by atoms with E-state index in [2.05, 4.69) is 10.4 Å². The summed E-state index contributed by atoms with van der Waals surface area (Å²) in [4.78, 5) is 33.6. The molecule has 0 aliphatic rings. The third-order valence-electron chi connectivity index (χ3n) is 2.63. The minimum Gasteiger partial charge on any atom is -0.463 e. The van der Waals surface area contributed by atoms with Crippen LogP contribution in [0.1, 0.15) is 30.0 Å². The molecule has 0 aromatic carbocycles. The highest BCUT2D eigenvalue weighted by molar-refractivity contribution is 5.98. The molecular weight excluding hydrogens is 280 g/mol. The maximum Gasteiger partial charge on any atom is 0.332 e. The molecule has 0 unspecified atom stereocenters. The first-order valence-electron chi connectivity index (χ1n) is 6.12. The van der Waals surface area contributed by atoms with Crippen molar-refractivity contribution in [2.24, 2.45) is 7.05 Å². The van der Waals surface area contributed by atoms with Gasteiger partial charge in [0.15, 0.2) is 0 Å². The lowest BCUT2D eigenvalue weighted by atomic mass is 10.3. The first-order valence-corrected chi connectivity index (χ1v) is 6.12. The molecule has 1 aromatic heterocycles. The van der Waals surface area contributed by atoms with Gasteiger partial charge in [0.2, 0.25) is 5.69 Å². The average molecular weight is 296 g/mol. The third-order valence-corrected chi connectivity index (χ3v) is 2.63. The van der Waals surface area contributed by atoms with Crippen LogP contribution in [0.25, 0.3) is 0 Å². The van der Waals surface area contributed by atoms with Crippen molar-refractivity contribution < 1.29 is 19.2 Å². The standard InChI is InChI=1S/C12H16N4O5/c1-5-21-9(17)6-7(2)13-12(18)10-11(16(19)20)8(3)15(4)14-10/h6H,5H2,1-4H3,(H,13,18)/b7-6+. The number of carbonyl (C=O) groups excluding carboxylic acids is 2. The van der Waals surface area contributed by atoms with Crippen LogP contribution < -0.4 is 5.32 Å². The third kappa shape index (κ3) is 3.88. The number of amides is 1. The molecule has 1 aromatic rings. The van der Waals surface area contributed by atoms with Gasteiger partial charge in [0.1, 0.15) is 5.69 Å². The van der Waals surface area contributed by atoms with E-state index in [0.717, 1.165) is 6.08 Å². The van der Waals surface area contributed by atoms with Gasteiger partial charge in [0.25, 0.3) is 5.91 Å². The van der Waals surface area contributed by atoms with Gasteiger partial charge in [0.05, 0.1) is 11.5 Å². The number of carbonyl (C=O) groups is 2. The fraction of sp³-hybridized carbons (Fsp3) is 0.417. The Hall–Kier alpha value is -2.71. The molecule has 1 N–H and O–H groups in total. The summed E-state index contributed by atoms with van der Waals surface area (Å²) >= 11 is 0. The van der Waals surface area contributed by atoms with Gasteiger partial charge in [-0.15, -0.1) is 0 Å². The first-order chi connectivity index (χ1) is 9.77. The Morgan fingerprint density at radius 2 is 2.14 bits per heavy atom. The number of esters is 1. The van der Waals surface area contributed by atoms with E-state index in [-0.39, 0.29) is 29.4 Å². The second-order valence-electron chi connectivity index (χ2n) is 4.20. The molecule has 0 saturated carbocycles. The van der Waals surface area contributed by atoms with Crippen LogP contribution in [0.2, 0.25) is 0 Å². The predicted molar refractivity (Wildman–Crippen MR) is 72.5 cm³/mol. The van der Waals surface area contributed by atoms with E-state index in [9.17, 15) is 19.7 Å². The van der Waals surface area contributed by atoms with Crippen LogP contribution in [0.3, 0.4) is 0 Å². The molecule has 0 bridgehead atoms. The highest BCUT2D eigenvalue weighted by Gasteiger charge is 2.28. The molecule has 0 spiro atoms. The number of nitro groups is 1. The Labute approximate surface area is 120 Å². The quantitative estimate of drug-likeness (QED) is 0.372. The van der Waals surface area contributed by atoms with Gasteiger partial charge in [-0.2, -0.15) is 5.10 Å². The zero-order valence-electron chi connectivity index (χ0n) is 12.2. The molecule has 114 valence electrons. The second kappa shape index (κ2) is 6.64. The van der Waals surface area contributed by atoms with Crippen molar-refractivity contribution in [2.75, 3.05) is 6.61 Å². The van der Waals surface area contributed by atoms with Crippen LogP contribution in [-0.4, -0.2) is 33.2 Å². The molecular formula is C12H16N4O5. The minimum absolute atomic E-state index is 0.205. The molecule has 9 heteroatoms. The van der Waals surface area contributed by atoms with Crippen molar-refractivity contribution in [3.63, 3.8) is 0 Å². The summed E-state index contributed by atoms with van der Waals surface area (Å²) in [5, 5.41) is 17.2. The average Bonchev–Trinajstić information content (AvgIpc) is 2.65. The van der Waals surface area contributed by atoms with Crippen LogP contribution in [-0.2, 0) is 16.6 Å². The summed E-state index contributed by atoms with van der Waals surface area (Å²) in [5.74, 6) is -1.37. The number of hydrogen-bond acceptors (Lipinski definition) is 6. The van der Waals surface area contributed by atoms with Crippen LogP contribution in [0.4, 0.5) is 5.69 Å².